The van der Waals surface area contributed by atoms with Gasteiger partial charge in [-0.1, -0.05) is 19.9 Å². The van der Waals surface area contributed by atoms with Gasteiger partial charge in [0.1, 0.15) is 23.4 Å². The summed E-state index contributed by atoms with van der Waals surface area (Å²) in [6, 6.07) is 5.66. The second-order valence-electron chi connectivity index (χ2n) is 21.4. The largest absolute Gasteiger partial charge is 0.494 e. The average Bonchev–Trinajstić information content (AvgIpc) is 0.802. The Bertz CT molecular complexity index is 3200. The molecule has 0 fully saturated rings. The molecule has 0 saturated carbocycles. The number of aromatic amines is 1. The molecule has 1 unspecified atom stereocenters. The number of carbonyl (C=O) groups is 8. The van der Waals surface area contributed by atoms with Crippen LogP contribution in [0.25, 0.3) is 10.9 Å². The van der Waals surface area contributed by atoms with Crippen LogP contribution in [0.1, 0.15) is 79.9 Å². The van der Waals surface area contributed by atoms with Gasteiger partial charge < -0.3 is 75.5 Å². The van der Waals surface area contributed by atoms with Crippen molar-refractivity contribution in [2.45, 2.75) is 90.2 Å². The van der Waals surface area contributed by atoms with Crippen molar-refractivity contribution in [3.8, 4) is 5.75 Å². The zero-order valence-electron chi connectivity index (χ0n) is 54.1. The molecule has 2 aromatic heterocycles. The SMILES string of the molecule is CCCOCCOCCOCCCNC(=O)CCCOc1cc(C)c(S(=O)(=O)NC(CNC(=O)c2cn(C)c3cc(CNc4ncc[nH]4)ccc3c2=O)C(=O)O)c(C)c1.CCNC(=O)[C@@H](CC)NC(=O)CN(CCN(CCN(CCOO)CC(=O)O)CC(=O)O)CC(=O)O. The number of aryl methyl sites for hydroxylation is 3. The minimum Gasteiger partial charge on any atom is -0.494 e. The highest BCUT2D eigenvalue weighted by molar-refractivity contribution is 7.89. The number of likely N-dealkylation sites (N-methyl/N-ethyl adjacent to an activating group) is 1. The van der Waals surface area contributed by atoms with E-state index in [1.54, 1.807) is 69.9 Å². The predicted octanol–water partition coefficient (Wildman–Crippen LogP) is 0.444. The van der Waals surface area contributed by atoms with Crippen molar-refractivity contribution in [1.29, 1.82) is 0 Å². The van der Waals surface area contributed by atoms with Gasteiger partial charge in [-0.05, 0) is 87.4 Å². The number of sulfonamides is 1. The Morgan fingerprint density at radius 1 is 0.702 bits per heavy atom. The van der Waals surface area contributed by atoms with E-state index in [9.17, 15) is 66.9 Å². The molecular weight excluding hydrogens is 1260 g/mol. The number of benzene rings is 2. The van der Waals surface area contributed by atoms with Crippen LogP contribution >= 0.6 is 0 Å². The van der Waals surface area contributed by atoms with Crippen LogP contribution in [-0.4, -0.2) is 254 Å². The summed E-state index contributed by atoms with van der Waals surface area (Å²) in [5.74, 6) is -5.88. The van der Waals surface area contributed by atoms with Gasteiger partial charge in [-0.15, -0.1) is 0 Å². The van der Waals surface area contributed by atoms with Gasteiger partial charge in [0.05, 0.1) is 76.2 Å². The number of carboxylic acid groups (broad SMARTS) is 4. The van der Waals surface area contributed by atoms with Crippen molar-refractivity contribution in [2.75, 3.05) is 137 Å². The highest BCUT2D eigenvalue weighted by Gasteiger charge is 2.30. The number of amides is 4. The van der Waals surface area contributed by atoms with Crippen LogP contribution in [0.15, 0.2) is 58.6 Å². The molecule has 2 atom stereocenters. The van der Waals surface area contributed by atoms with Crippen LogP contribution < -0.4 is 41.5 Å². The Balaban J connectivity index is 0.000000563. The van der Waals surface area contributed by atoms with Crippen molar-refractivity contribution in [2.24, 2.45) is 7.05 Å². The molecule has 0 saturated heterocycles. The summed E-state index contributed by atoms with van der Waals surface area (Å²) in [6.45, 7) is 11.6. The van der Waals surface area contributed by atoms with Crippen LogP contribution in [0, 0.1) is 13.8 Å². The first-order valence-electron chi connectivity index (χ1n) is 30.6. The third-order valence-corrected chi connectivity index (χ3v) is 15.5. The Morgan fingerprint density at radius 3 is 1.88 bits per heavy atom. The van der Waals surface area contributed by atoms with E-state index in [4.69, 9.17) is 29.3 Å². The molecule has 4 amide bonds. The van der Waals surface area contributed by atoms with Crippen molar-refractivity contribution in [1.82, 2.24) is 55.2 Å². The maximum atomic E-state index is 13.5. The number of aromatic nitrogens is 3. The third-order valence-electron chi connectivity index (χ3n) is 13.7. The number of imidazole rings is 1. The van der Waals surface area contributed by atoms with Gasteiger partial charge in [-0.3, -0.25) is 63.1 Å². The number of hydrogen-bond donors (Lipinski definition) is 12. The highest BCUT2D eigenvalue weighted by atomic mass is 32.2. The summed E-state index contributed by atoms with van der Waals surface area (Å²) in [4.78, 5) is 124. The first kappa shape index (κ1) is 80.0. The number of pyridine rings is 1. The first-order chi connectivity index (χ1) is 44.8. The van der Waals surface area contributed by atoms with Crippen molar-refractivity contribution < 1.29 is 96.3 Å². The zero-order chi connectivity index (χ0) is 69.6. The number of carbonyl (C=O) groups excluding carboxylic acids is 4. The number of carboxylic acids is 4. The van der Waals surface area contributed by atoms with Crippen LogP contribution in [0.4, 0.5) is 5.95 Å². The van der Waals surface area contributed by atoms with Crippen molar-refractivity contribution in [3.63, 3.8) is 0 Å². The average molecular weight is 1350 g/mol. The van der Waals surface area contributed by atoms with Gasteiger partial charge >= 0.3 is 23.9 Å². The van der Waals surface area contributed by atoms with Gasteiger partial charge in [0.15, 0.2) is 5.95 Å². The van der Waals surface area contributed by atoms with Crippen LogP contribution in [0.3, 0.4) is 0 Å². The maximum absolute atomic E-state index is 13.5. The molecule has 0 aliphatic rings. The van der Waals surface area contributed by atoms with E-state index in [1.165, 1.54) is 33.0 Å². The molecule has 2 aromatic carbocycles. The minimum absolute atomic E-state index is 0.0314. The van der Waals surface area contributed by atoms with Crippen LogP contribution in [0.2, 0.25) is 0 Å². The Labute approximate surface area is 545 Å². The molecule has 0 spiro atoms. The smallest absolute Gasteiger partial charge is 0.323 e. The number of hydrogen-bond acceptors (Lipinski definition) is 22. The lowest BCUT2D eigenvalue weighted by molar-refractivity contribution is -0.244. The predicted molar refractivity (Wildman–Crippen MR) is 342 cm³/mol. The number of ether oxygens (including phenoxy) is 4. The Morgan fingerprint density at radius 2 is 1.31 bits per heavy atom. The summed E-state index contributed by atoms with van der Waals surface area (Å²) < 4.78 is 52.9. The highest BCUT2D eigenvalue weighted by Crippen LogP contribution is 2.26. The van der Waals surface area contributed by atoms with E-state index in [0.29, 0.717) is 100 Å². The van der Waals surface area contributed by atoms with E-state index in [-0.39, 0.29) is 99.7 Å². The van der Waals surface area contributed by atoms with E-state index in [2.05, 4.69) is 46.2 Å². The maximum Gasteiger partial charge on any atom is 0.323 e. The van der Waals surface area contributed by atoms with Gasteiger partial charge in [-0.2, -0.15) is 4.72 Å². The lowest BCUT2D eigenvalue weighted by atomic mass is 10.1. The van der Waals surface area contributed by atoms with Crippen molar-refractivity contribution >= 4 is 74.4 Å². The minimum atomic E-state index is -4.41. The molecule has 2 heterocycles. The Kier molecular flexibility index (Phi) is 37.2. The van der Waals surface area contributed by atoms with Crippen LogP contribution in [0.5, 0.6) is 5.75 Å². The first-order valence-corrected chi connectivity index (χ1v) is 32.1. The van der Waals surface area contributed by atoms with Gasteiger partial charge in [0.2, 0.25) is 33.2 Å². The number of anilines is 1. The molecule has 0 aliphatic heterocycles. The second kappa shape index (κ2) is 43.7. The molecule has 34 heteroatoms. The van der Waals surface area contributed by atoms with E-state index in [1.807, 2.05) is 6.92 Å². The van der Waals surface area contributed by atoms with E-state index in [0.717, 1.165) is 18.6 Å². The summed E-state index contributed by atoms with van der Waals surface area (Å²) in [5.41, 5.74) is 1.23. The monoisotopic (exact) mass is 1350 g/mol. The second-order valence-corrected chi connectivity index (χ2v) is 23.1. The normalized spacial score (nSPS) is 12.0. The summed E-state index contributed by atoms with van der Waals surface area (Å²) >= 11 is 0. The van der Waals surface area contributed by atoms with Gasteiger partial charge in [-0.25, -0.2) is 18.3 Å². The molecule has 0 aliphatic carbocycles. The number of fused-ring (bicyclic) bond motifs is 1. The van der Waals surface area contributed by atoms with E-state index < -0.39 is 76.3 Å². The number of aliphatic carboxylic acids is 4. The Hall–Kier alpha value is -8.19. The molecule has 12 N–H and O–H groups in total. The molecule has 524 valence electrons. The molecule has 0 radical (unpaired) electrons. The summed E-state index contributed by atoms with van der Waals surface area (Å²) in [7, 11) is -2.74. The molecule has 0 bridgehead atoms. The standard InChI is InChI=1S/C40H55N7O11S.C20H37N5O10/c1-5-14-55-17-19-57-20-18-56-15-7-11-41-35(48)8-6-16-58-30-21-27(2)37(28(3)22-30)59(53,54)46-33(39(51)52)25-44-38(50)32-26-47(4)34-23-29(9-10-31(34)36(32)49)24-45-40-42-12-13-43-40;1-3-15(20(33)21-4-2)22-16(26)11-25(14-19(31)32)8-7-23(12-17(27)28)5-6-24(9-10-35-34)13-18(29)30/h9-10,12-13,21-23,26,33,46H,5-8,11,14-20,24-25H2,1-4H3,(H,41,48)(H,44,50)(H,51,52)(H2,42,43,45);15,34H,3-14H2,1-2H3,(H,21,33)(H,22,26)(H,27,28)(H,29,30)(H,31,32)/t;15-/m.1/s1. The number of rotatable bonds is 48. The van der Waals surface area contributed by atoms with Crippen molar-refractivity contribution in [3.05, 3.63) is 81.4 Å². The third kappa shape index (κ3) is 30.7. The lowest BCUT2D eigenvalue weighted by Gasteiger charge is -2.28. The summed E-state index contributed by atoms with van der Waals surface area (Å²) in [6.07, 6.45) is 7.28. The molecule has 94 heavy (non-hydrogen) atoms. The zero-order valence-corrected chi connectivity index (χ0v) is 54.9. The number of H-pyrrole nitrogens is 1. The fourth-order valence-corrected chi connectivity index (χ4v) is 10.9. The van der Waals surface area contributed by atoms with Gasteiger partial charge in [0, 0.05) is 110 Å². The lowest BCUT2D eigenvalue weighted by Crippen LogP contribution is -2.50. The number of nitrogens with one attached hydrogen (secondary N) is 7. The fourth-order valence-electron chi connectivity index (χ4n) is 9.24. The number of nitrogens with zero attached hydrogens (tertiary/aromatic N) is 5. The van der Waals surface area contributed by atoms with E-state index >= 15 is 0 Å². The molecule has 4 aromatic rings. The quantitative estimate of drug-likeness (QED) is 0.0162. The summed E-state index contributed by atoms with van der Waals surface area (Å²) in [5, 5.41) is 59.6. The molecule has 4 rings (SSSR count). The van der Waals surface area contributed by atoms with Gasteiger partial charge in [0.25, 0.3) is 5.91 Å². The topological polar surface area (TPSA) is 451 Å². The fraction of sp³-hybridized carbons (Fsp3) is 0.567. The molecule has 33 nitrogen and oxygen atoms in total. The van der Waals surface area contributed by atoms with Crippen LogP contribution in [-0.2, 0) is 76.3 Å². The molecular formula is C60H92N12O21S.